The van der Waals surface area contributed by atoms with E-state index in [4.69, 9.17) is 4.98 Å². The number of anilines is 1. The fourth-order valence-corrected chi connectivity index (χ4v) is 5.58. The number of aromatic amines is 2. The van der Waals surface area contributed by atoms with Crippen LogP contribution >= 0.6 is 11.3 Å². The molecule has 0 aliphatic rings. The molecule has 0 radical (unpaired) electrons. The predicted octanol–water partition coefficient (Wildman–Crippen LogP) is 6.87. The number of fused-ring (bicyclic) bond motifs is 2. The summed E-state index contributed by atoms with van der Waals surface area (Å²) in [6, 6.07) is 26.4. The number of nitrogens with zero attached hydrogens (tertiary/aromatic N) is 3. The minimum Gasteiger partial charge on any atom is -0.373 e. The number of imidazole rings is 1. The van der Waals surface area contributed by atoms with Crippen molar-refractivity contribution >= 4 is 39.0 Å². The first kappa shape index (κ1) is 23.3. The van der Waals surface area contributed by atoms with Gasteiger partial charge in [-0.3, -0.25) is 10.1 Å². The Labute approximate surface area is 228 Å². The van der Waals surface area contributed by atoms with Gasteiger partial charge < -0.3 is 15.4 Å². The molecule has 0 spiro atoms. The lowest BCUT2D eigenvalue weighted by Gasteiger charge is -2.15. The second-order valence-electron chi connectivity index (χ2n) is 9.44. The van der Waals surface area contributed by atoms with E-state index in [9.17, 15) is 5.11 Å². The molecule has 0 bridgehead atoms. The Hall–Kier alpha value is -4.79. The van der Waals surface area contributed by atoms with Gasteiger partial charge in [-0.25, -0.2) is 4.98 Å². The van der Waals surface area contributed by atoms with Gasteiger partial charge in [0.05, 0.1) is 28.4 Å². The van der Waals surface area contributed by atoms with Gasteiger partial charge in [0.25, 0.3) is 0 Å². The summed E-state index contributed by atoms with van der Waals surface area (Å²) in [4.78, 5) is 12.8. The fraction of sp³-hybridized carbons (Fsp3) is 0.0645. The van der Waals surface area contributed by atoms with Crippen molar-refractivity contribution in [1.29, 1.82) is 0 Å². The van der Waals surface area contributed by atoms with Gasteiger partial charge in [-0.15, -0.1) is 0 Å². The molecule has 39 heavy (non-hydrogen) atoms. The van der Waals surface area contributed by atoms with Crippen LogP contribution in [0.3, 0.4) is 0 Å². The molecule has 4 heterocycles. The highest BCUT2D eigenvalue weighted by atomic mass is 32.1. The molecule has 0 fully saturated rings. The van der Waals surface area contributed by atoms with Crippen LogP contribution in [-0.2, 0) is 6.42 Å². The van der Waals surface area contributed by atoms with Crippen LogP contribution in [0.4, 0.5) is 5.69 Å². The molecule has 0 amide bonds. The number of para-hydroxylation sites is 1. The zero-order chi connectivity index (χ0) is 26.2. The molecular formula is C31H24N6OS. The molecule has 7 rings (SSSR count). The van der Waals surface area contributed by atoms with Crippen molar-refractivity contribution in [2.24, 2.45) is 0 Å². The first-order valence-corrected chi connectivity index (χ1v) is 13.6. The topological polar surface area (TPSA) is 103 Å². The van der Waals surface area contributed by atoms with Crippen molar-refractivity contribution in [2.75, 3.05) is 5.32 Å². The highest BCUT2D eigenvalue weighted by molar-refractivity contribution is 7.08. The first-order valence-electron chi connectivity index (χ1n) is 12.6. The molecule has 1 atom stereocenters. The van der Waals surface area contributed by atoms with E-state index >= 15 is 0 Å². The molecular weight excluding hydrogens is 504 g/mol. The van der Waals surface area contributed by atoms with Crippen molar-refractivity contribution in [1.82, 2.24) is 25.1 Å². The summed E-state index contributed by atoms with van der Waals surface area (Å²) in [5, 5.41) is 26.7. The Kier molecular flexibility index (Phi) is 5.88. The Morgan fingerprint density at radius 3 is 2.67 bits per heavy atom. The molecule has 1 unspecified atom stereocenters. The molecule has 8 heteroatoms. The van der Waals surface area contributed by atoms with Crippen molar-refractivity contribution in [3.8, 4) is 33.8 Å². The Morgan fingerprint density at radius 1 is 0.872 bits per heavy atom. The minimum atomic E-state index is -0.723. The predicted molar refractivity (Wildman–Crippen MR) is 158 cm³/mol. The lowest BCUT2D eigenvalue weighted by Crippen LogP contribution is -2.21. The van der Waals surface area contributed by atoms with Crippen molar-refractivity contribution in [3.05, 3.63) is 108 Å². The van der Waals surface area contributed by atoms with Gasteiger partial charge in [0.1, 0.15) is 11.9 Å². The average Bonchev–Trinajstić information content (AvgIpc) is 3.73. The van der Waals surface area contributed by atoms with Crippen LogP contribution in [0.2, 0.25) is 0 Å². The molecule has 4 aromatic heterocycles. The number of hydrogen-bond donors (Lipinski definition) is 4. The summed E-state index contributed by atoms with van der Waals surface area (Å²) >= 11 is 1.67. The second-order valence-corrected chi connectivity index (χ2v) is 10.2. The van der Waals surface area contributed by atoms with E-state index in [0.29, 0.717) is 12.2 Å². The summed E-state index contributed by atoms with van der Waals surface area (Å²) in [6.45, 7) is 0. The fourth-order valence-electron chi connectivity index (χ4n) is 4.93. The highest BCUT2D eigenvalue weighted by Crippen LogP contribution is 2.34. The third-order valence-electron chi connectivity index (χ3n) is 6.81. The van der Waals surface area contributed by atoms with Crippen LogP contribution in [0.1, 0.15) is 5.56 Å². The number of nitrogens with one attached hydrogen (secondary N) is 3. The largest absolute Gasteiger partial charge is 0.373 e. The SMILES string of the molecule is OC(Cc1ccccc1)Nc1cncc(-c2ccc3[nH]nc(-c4nc5c(-c6ccsc6)cccc5[nH]4)c3c2)c1. The first-order chi connectivity index (χ1) is 19.2. The number of pyridine rings is 1. The number of aliphatic hydroxyl groups excluding tert-OH is 1. The van der Waals surface area contributed by atoms with Gasteiger partial charge in [0.2, 0.25) is 0 Å². The maximum absolute atomic E-state index is 10.6. The van der Waals surface area contributed by atoms with Gasteiger partial charge >= 0.3 is 0 Å². The Morgan fingerprint density at radius 2 is 1.79 bits per heavy atom. The molecule has 0 aliphatic heterocycles. The van der Waals surface area contributed by atoms with Crippen LogP contribution < -0.4 is 5.32 Å². The number of thiophene rings is 1. The minimum absolute atomic E-state index is 0.501. The number of benzene rings is 3. The van der Waals surface area contributed by atoms with Crippen LogP contribution in [0.25, 0.3) is 55.7 Å². The van der Waals surface area contributed by atoms with Gasteiger partial charge in [-0.05, 0) is 57.8 Å². The molecule has 7 aromatic rings. The summed E-state index contributed by atoms with van der Waals surface area (Å²) in [5.74, 6) is 0.716. The van der Waals surface area contributed by atoms with E-state index in [-0.39, 0.29) is 0 Å². The summed E-state index contributed by atoms with van der Waals surface area (Å²) in [6.07, 6.45) is 3.32. The normalized spacial score (nSPS) is 12.2. The third kappa shape index (κ3) is 4.56. The molecule has 0 saturated carbocycles. The standard InChI is InChI=1S/C31H24N6OS/c38-28(13-19-5-2-1-3-6-19)33-23-14-22(16-32-17-23)20-9-10-26-25(15-20)30(37-36-26)31-34-27-8-4-7-24(29(27)35-31)21-11-12-39-18-21/h1-12,14-18,28,33,38H,13H2,(H,34,35)(H,36,37). The second kappa shape index (κ2) is 9.83. The molecule has 4 N–H and O–H groups in total. The van der Waals surface area contributed by atoms with Crippen LogP contribution in [0.5, 0.6) is 0 Å². The smallest absolute Gasteiger partial charge is 0.159 e. The third-order valence-corrected chi connectivity index (χ3v) is 7.49. The monoisotopic (exact) mass is 528 g/mol. The van der Waals surface area contributed by atoms with E-state index in [1.54, 1.807) is 17.5 Å². The van der Waals surface area contributed by atoms with E-state index < -0.39 is 6.23 Å². The van der Waals surface area contributed by atoms with E-state index in [0.717, 1.165) is 61.1 Å². The zero-order valence-corrected chi connectivity index (χ0v) is 21.6. The van der Waals surface area contributed by atoms with Crippen molar-refractivity contribution in [3.63, 3.8) is 0 Å². The van der Waals surface area contributed by atoms with Crippen LogP contribution in [0.15, 0.2) is 102 Å². The molecule has 0 aliphatic carbocycles. The van der Waals surface area contributed by atoms with Crippen LogP contribution in [-0.4, -0.2) is 36.5 Å². The molecule has 7 nitrogen and oxygen atoms in total. The van der Waals surface area contributed by atoms with Crippen molar-refractivity contribution < 1.29 is 5.11 Å². The number of hydrogen-bond acceptors (Lipinski definition) is 6. The average molecular weight is 529 g/mol. The Balaban J connectivity index is 1.21. The lowest BCUT2D eigenvalue weighted by atomic mass is 10.0. The maximum atomic E-state index is 10.6. The molecule has 0 saturated heterocycles. The quantitative estimate of drug-likeness (QED) is 0.169. The zero-order valence-electron chi connectivity index (χ0n) is 20.8. The summed E-state index contributed by atoms with van der Waals surface area (Å²) < 4.78 is 0. The van der Waals surface area contributed by atoms with E-state index in [1.807, 2.05) is 66.9 Å². The molecule has 190 valence electrons. The summed E-state index contributed by atoms with van der Waals surface area (Å²) in [5.41, 5.74) is 9.59. The number of H-pyrrole nitrogens is 2. The number of aliphatic hydroxyl groups is 1. The van der Waals surface area contributed by atoms with E-state index in [2.05, 4.69) is 54.4 Å². The summed E-state index contributed by atoms with van der Waals surface area (Å²) in [7, 11) is 0. The van der Waals surface area contributed by atoms with Gasteiger partial charge in [-0.2, -0.15) is 16.4 Å². The van der Waals surface area contributed by atoms with Gasteiger partial charge in [0, 0.05) is 29.1 Å². The van der Waals surface area contributed by atoms with Gasteiger partial charge in [-0.1, -0.05) is 48.5 Å². The van der Waals surface area contributed by atoms with E-state index in [1.165, 1.54) is 0 Å². The van der Waals surface area contributed by atoms with Crippen LogP contribution in [0, 0.1) is 0 Å². The van der Waals surface area contributed by atoms with Gasteiger partial charge in [0.15, 0.2) is 5.82 Å². The maximum Gasteiger partial charge on any atom is 0.159 e. The number of aromatic nitrogens is 5. The highest BCUT2D eigenvalue weighted by Gasteiger charge is 2.16. The van der Waals surface area contributed by atoms with Crippen molar-refractivity contribution in [2.45, 2.75) is 12.6 Å². The molecule has 3 aromatic carbocycles. The number of rotatable bonds is 7. The Bertz CT molecular complexity index is 1890. The lowest BCUT2D eigenvalue weighted by molar-refractivity contribution is 0.204.